The molecule has 0 saturated heterocycles. The Morgan fingerprint density at radius 3 is 2.12 bits per heavy atom. The second-order valence-corrected chi connectivity index (χ2v) is 3.98. The van der Waals surface area contributed by atoms with Gasteiger partial charge in [0.1, 0.15) is 0 Å². The fourth-order valence-corrected chi connectivity index (χ4v) is 1.72. The van der Waals surface area contributed by atoms with Gasteiger partial charge in [-0.1, -0.05) is 13.8 Å². The van der Waals surface area contributed by atoms with Crippen molar-refractivity contribution in [1.29, 1.82) is 5.26 Å². The quantitative estimate of drug-likeness (QED) is 0.780. The Kier molecular flexibility index (Phi) is 5.22. The third-order valence-corrected chi connectivity index (χ3v) is 2.54. The second-order valence-electron chi connectivity index (χ2n) is 3.98. The average molecular weight is 230 g/mol. The summed E-state index contributed by atoms with van der Waals surface area (Å²) in [5.41, 5.74) is 1.24. The molecule has 0 atom stereocenters. The van der Waals surface area contributed by atoms with E-state index >= 15 is 0 Å². The van der Waals surface area contributed by atoms with Gasteiger partial charge in [-0.2, -0.15) is 5.26 Å². The van der Waals surface area contributed by atoms with Crippen molar-refractivity contribution in [2.24, 2.45) is 0 Å². The number of amides is 1. The van der Waals surface area contributed by atoms with Crippen LogP contribution in [-0.2, 0) is 0 Å². The van der Waals surface area contributed by atoms with E-state index in [-0.39, 0.29) is 5.91 Å². The lowest BCUT2D eigenvalue weighted by Crippen LogP contribution is -2.32. The molecule has 0 fully saturated rings. The third kappa shape index (κ3) is 3.60. The van der Waals surface area contributed by atoms with E-state index in [0.717, 1.165) is 25.9 Å². The van der Waals surface area contributed by atoms with Gasteiger partial charge in [0, 0.05) is 18.7 Å². The molecule has 3 heteroatoms. The molecule has 1 rings (SSSR count). The summed E-state index contributed by atoms with van der Waals surface area (Å²) in [5, 5.41) is 8.70. The molecule has 17 heavy (non-hydrogen) atoms. The van der Waals surface area contributed by atoms with Crippen LogP contribution in [0.2, 0.25) is 0 Å². The number of nitriles is 1. The van der Waals surface area contributed by atoms with Crippen LogP contribution in [0.25, 0.3) is 0 Å². The highest BCUT2D eigenvalue weighted by Crippen LogP contribution is 2.08. The number of hydrogen-bond donors (Lipinski definition) is 0. The number of hydrogen-bond acceptors (Lipinski definition) is 2. The first-order valence-electron chi connectivity index (χ1n) is 6.02. The Labute approximate surface area is 103 Å². The lowest BCUT2D eigenvalue weighted by Gasteiger charge is -2.21. The summed E-state index contributed by atoms with van der Waals surface area (Å²) >= 11 is 0. The van der Waals surface area contributed by atoms with Gasteiger partial charge in [-0.05, 0) is 37.1 Å². The van der Waals surface area contributed by atoms with E-state index < -0.39 is 0 Å². The van der Waals surface area contributed by atoms with Crippen molar-refractivity contribution in [2.45, 2.75) is 26.7 Å². The van der Waals surface area contributed by atoms with Gasteiger partial charge in [0.25, 0.3) is 5.91 Å². The molecule has 0 spiro atoms. The molecule has 1 aromatic rings. The first-order chi connectivity index (χ1) is 8.22. The lowest BCUT2D eigenvalue weighted by molar-refractivity contribution is 0.0755. The first-order valence-corrected chi connectivity index (χ1v) is 6.02. The fraction of sp³-hybridized carbons (Fsp3) is 0.429. The van der Waals surface area contributed by atoms with Gasteiger partial charge < -0.3 is 4.90 Å². The largest absolute Gasteiger partial charge is 0.339 e. The van der Waals surface area contributed by atoms with E-state index in [1.807, 2.05) is 11.0 Å². The predicted octanol–water partition coefficient (Wildman–Crippen LogP) is 2.82. The van der Waals surface area contributed by atoms with Crippen LogP contribution in [0.5, 0.6) is 0 Å². The summed E-state index contributed by atoms with van der Waals surface area (Å²) in [4.78, 5) is 14.0. The third-order valence-electron chi connectivity index (χ3n) is 2.54. The van der Waals surface area contributed by atoms with Crippen molar-refractivity contribution in [3.63, 3.8) is 0 Å². The minimum Gasteiger partial charge on any atom is -0.339 e. The monoisotopic (exact) mass is 230 g/mol. The van der Waals surface area contributed by atoms with Crippen LogP contribution < -0.4 is 0 Å². The van der Waals surface area contributed by atoms with Crippen LogP contribution in [0.4, 0.5) is 0 Å². The second kappa shape index (κ2) is 6.70. The Morgan fingerprint density at radius 1 is 1.18 bits per heavy atom. The summed E-state index contributed by atoms with van der Waals surface area (Å²) in [7, 11) is 0. The van der Waals surface area contributed by atoms with Gasteiger partial charge in [0.2, 0.25) is 0 Å². The van der Waals surface area contributed by atoms with Crippen molar-refractivity contribution in [3.05, 3.63) is 35.4 Å². The van der Waals surface area contributed by atoms with Crippen molar-refractivity contribution >= 4 is 5.91 Å². The standard InChI is InChI=1S/C14H18N2O/c1-3-9-16(10-4-2)14(17)13-7-5-12(11-15)6-8-13/h5-8H,3-4,9-10H2,1-2H3. The van der Waals surface area contributed by atoms with E-state index in [0.29, 0.717) is 11.1 Å². The number of carbonyl (C=O) groups is 1. The summed E-state index contributed by atoms with van der Waals surface area (Å²) < 4.78 is 0. The molecule has 90 valence electrons. The maximum Gasteiger partial charge on any atom is 0.253 e. The predicted molar refractivity (Wildman–Crippen MR) is 67.6 cm³/mol. The van der Waals surface area contributed by atoms with Gasteiger partial charge >= 0.3 is 0 Å². The number of rotatable bonds is 5. The van der Waals surface area contributed by atoms with Crippen molar-refractivity contribution < 1.29 is 4.79 Å². The molecule has 0 radical (unpaired) electrons. The molecule has 0 N–H and O–H groups in total. The fourth-order valence-electron chi connectivity index (χ4n) is 1.72. The minimum absolute atomic E-state index is 0.0539. The molecule has 0 aliphatic rings. The molecule has 0 saturated carbocycles. The molecule has 0 unspecified atom stereocenters. The number of nitrogens with zero attached hydrogens (tertiary/aromatic N) is 2. The van der Waals surface area contributed by atoms with Gasteiger partial charge in [-0.3, -0.25) is 4.79 Å². The van der Waals surface area contributed by atoms with Gasteiger partial charge in [0.15, 0.2) is 0 Å². The van der Waals surface area contributed by atoms with Crippen LogP contribution >= 0.6 is 0 Å². The van der Waals surface area contributed by atoms with Crippen LogP contribution in [0.15, 0.2) is 24.3 Å². The average Bonchev–Trinajstić information content (AvgIpc) is 2.38. The van der Waals surface area contributed by atoms with Gasteiger partial charge in [-0.15, -0.1) is 0 Å². The molecule has 0 aliphatic heterocycles. The summed E-state index contributed by atoms with van der Waals surface area (Å²) in [6.45, 7) is 5.70. The zero-order valence-electron chi connectivity index (χ0n) is 10.4. The number of carbonyl (C=O) groups excluding carboxylic acids is 1. The highest BCUT2D eigenvalue weighted by molar-refractivity contribution is 5.94. The smallest absolute Gasteiger partial charge is 0.253 e. The zero-order valence-corrected chi connectivity index (χ0v) is 10.4. The van der Waals surface area contributed by atoms with Crippen molar-refractivity contribution in [3.8, 4) is 6.07 Å². The van der Waals surface area contributed by atoms with E-state index in [1.165, 1.54) is 0 Å². The minimum atomic E-state index is 0.0539. The molecular weight excluding hydrogens is 212 g/mol. The Bertz CT molecular complexity index is 397. The van der Waals surface area contributed by atoms with Crippen LogP contribution in [0, 0.1) is 11.3 Å². The summed E-state index contributed by atoms with van der Waals surface area (Å²) in [5.74, 6) is 0.0539. The molecule has 0 bridgehead atoms. The van der Waals surface area contributed by atoms with E-state index in [1.54, 1.807) is 24.3 Å². The normalized spacial score (nSPS) is 9.71. The van der Waals surface area contributed by atoms with Crippen LogP contribution in [-0.4, -0.2) is 23.9 Å². The number of benzene rings is 1. The highest BCUT2D eigenvalue weighted by Gasteiger charge is 2.13. The van der Waals surface area contributed by atoms with Gasteiger partial charge in [0.05, 0.1) is 11.6 Å². The van der Waals surface area contributed by atoms with E-state index in [4.69, 9.17) is 5.26 Å². The maximum absolute atomic E-state index is 12.2. The summed E-state index contributed by atoms with van der Waals surface area (Å²) in [6.07, 6.45) is 1.92. The molecule has 0 aromatic heterocycles. The van der Waals surface area contributed by atoms with E-state index in [9.17, 15) is 4.79 Å². The molecule has 0 heterocycles. The summed E-state index contributed by atoms with van der Waals surface area (Å²) in [6, 6.07) is 8.86. The molecule has 0 aliphatic carbocycles. The van der Waals surface area contributed by atoms with Crippen molar-refractivity contribution in [2.75, 3.05) is 13.1 Å². The molecule has 3 nitrogen and oxygen atoms in total. The van der Waals surface area contributed by atoms with Crippen LogP contribution in [0.1, 0.15) is 42.6 Å². The highest BCUT2D eigenvalue weighted by atomic mass is 16.2. The maximum atomic E-state index is 12.2. The lowest BCUT2D eigenvalue weighted by atomic mass is 10.1. The topological polar surface area (TPSA) is 44.1 Å². The van der Waals surface area contributed by atoms with Crippen LogP contribution in [0.3, 0.4) is 0 Å². The molecule has 1 amide bonds. The van der Waals surface area contributed by atoms with E-state index in [2.05, 4.69) is 13.8 Å². The van der Waals surface area contributed by atoms with Crippen molar-refractivity contribution in [1.82, 2.24) is 4.90 Å². The Balaban J connectivity index is 2.81. The molecular formula is C14H18N2O. The Hall–Kier alpha value is -1.82. The zero-order chi connectivity index (χ0) is 12.7. The van der Waals surface area contributed by atoms with Gasteiger partial charge in [-0.25, -0.2) is 0 Å². The first kappa shape index (κ1) is 13.2. The Morgan fingerprint density at radius 2 is 1.71 bits per heavy atom. The molecule has 1 aromatic carbocycles. The SMILES string of the molecule is CCCN(CCC)C(=O)c1ccc(C#N)cc1.